The van der Waals surface area contributed by atoms with Crippen molar-refractivity contribution in [1.29, 1.82) is 0 Å². The zero-order chi connectivity index (χ0) is 16.9. The van der Waals surface area contributed by atoms with Crippen molar-refractivity contribution in [2.45, 2.75) is 39.3 Å². The van der Waals surface area contributed by atoms with Gasteiger partial charge < -0.3 is 9.84 Å². The Labute approximate surface area is 143 Å². The van der Waals surface area contributed by atoms with Crippen molar-refractivity contribution < 1.29 is 9.84 Å². The van der Waals surface area contributed by atoms with Crippen LogP contribution in [-0.2, 0) is 13.2 Å². The Kier molecular flexibility index (Phi) is 5.43. The van der Waals surface area contributed by atoms with Crippen LogP contribution in [0.25, 0.3) is 0 Å². The van der Waals surface area contributed by atoms with Gasteiger partial charge in [0.15, 0.2) is 0 Å². The van der Waals surface area contributed by atoms with E-state index in [1.54, 1.807) is 0 Å². The van der Waals surface area contributed by atoms with Crippen molar-refractivity contribution in [3.63, 3.8) is 0 Å². The van der Waals surface area contributed by atoms with E-state index < -0.39 is 0 Å². The SMILES string of the molecule is CCOc1ccc(CN2CC[C@H](c3nccc(C)n3)C2)cc1CO. The summed E-state index contributed by atoms with van der Waals surface area (Å²) in [5.74, 6) is 2.14. The van der Waals surface area contributed by atoms with Crippen LogP contribution in [0.4, 0.5) is 0 Å². The van der Waals surface area contributed by atoms with E-state index in [2.05, 4.69) is 20.9 Å². The van der Waals surface area contributed by atoms with Crippen molar-refractivity contribution in [3.8, 4) is 5.75 Å². The van der Waals surface area contributed by atoms with E-state index in [-0.39, 0.29) is 6.61 Å². The van der Waals surface area contributed by atoms with Crippen LogP contribution in [-0.4, -0.2) is 39.7 Å². The number of likely N-dealkylation sites (tertiary alicyclic amines) is 1. The molecule has 0 bridgehead atoms. The van der Waals surface area contributed by atoms with Crippen LogP contribution in [0.3, 0.4) is 0 Å². The molecule has 1 aliphatic rings. The standard InChI is InChI=1S/C19H25N3O2/c1-3-24-18-5-4-15(10-17(18)13-23)11-22-9-7-16(12-22)19-20-8-6-14(2)21-19/h4-6,8,10,16,23H,3,7,9,11-13H2,1-2H3/t16-/m0/s1. The molecule has 1 saturated heterocycles. The summed E-state index contributed by atoms with van der Waals surface area (Å²) in [7, 11) is 0. The van der Waals surface area contributed by atoms with E-state index in [4.69, 9.17) is 4.74 Å². The number of hydrogen-bond acceptors (Lipinski definition) is 5. The van der Waals surface area contributed by atoms with Crippen LogP contribution in [0, 0.1) is 6.92 Å². The molecule has 24 heavy (non-hydrogen) atoms. The summed E-state index contributed by atoms with van der Waals surface area (Å²) in [6.45, 7) is 7.47. The van der Waals surface area contributed by atoms with E-state index in [9.17, 15) is 5.11 Å². The van der Waals surface area contributed by atoms with E-state index in [0.717, 1.165) is 48.9 Å². The van der Waals surface area contributed by atoms with Gasteiger partial charge in [0.25, 0.3) is 0 Å². The van der Waals surface area contributed by atoms with E-state index in [0.29, 0.717) is 12.5 Å². The number of aromatic nitrogens is 2. The number of rotatable bonds is 6. The molecule has 0 amide bonds. The van der Waals surface area contributed by atoms with Crippen molar-refractivity contribution in [3.05, 3.63) is 53.1 Å². The lowest BCUT2D eigenvalue weighted by Crippen LogP contribution is -2.20. The highest BCUT2D eigenvalue weighted by atomic mass is 16.5. The second-order valence-electron chi connectivity index (χ2n) is 6.31. The molecule has 128 valence electrons. The first-order valence-electron chi connectivity index (χ1n) is 8.57. The zero-order valence-corrected chi connectivity index (χ0v) is 14.4. The molecule has 5 heteroatoms. The van der Waals surface area contributed by atoms with Gasteiger partial charge in [0.05, 0.1) is 13.2 Å². The largest absolute Gasteiger partial charge is 0.494 e. The first kappa shape index (κ1) is 16.9. The number of ether oxygens (including phenoxy) is 1. The fourth-order valence-electron chi connectivity index (χ4n) is 3.26. The summed E-state index contributed by atoms with van der Waals surface area (Å²) >= 11 is 0. The van der Waals surface area contributed by atoms with Gasteiger partial charge in [-0.25, -0.2) is 9.97 Å². The third-order valence-corrected chi connectivity index (χ3v) is 4.45. The van der Waals surface area contributed by atoms with Crippen LogP contribution in [0.2, 0.25) is 0 Å². The monoisotopic (exact) mass is 327 g/mol. The van der Waals surface area contributed by atoms with Crippen LogP contribution < -0.4 is 4.74 Å². The summed E-state index contributed by atoms with van der Waals surface area (Å²) in [5.41, 5.74) is 3.08. The Bertz CT molecular complexity index is 690. The van der Waals surface area contributed by atoms with Crippen molar-refractivity contribution in [2.24, 2.45) is 0 Å². The lowest BCUT2D eigenvalue weighted by molar-refractivity contribution is 0.266. The van der Waals surface area contributed by atoms with Crippen molar-refractivity contribution >= 4 is 0 Å². The van der Waals surface area contributed by atoms with Gasteiger partial charge in [0.2, 0.25) is 0 Å². The van der Waals surface area contributed by atoms with Crippen LogP contribution >= 0.6 is 0 Å². The Morgan fingerprint density at radius 2 is 2.21 bits per heavy atom. The second-order valence-corrected chi connectivity index (χ2v) is 6.31. The molecular formula is C19H25N3O2. The van der Waals surface area contributed by atoms with Crippen LogP contribution in [0.15, 0.2) is 30.5 Å². The molecule has 1 N–H and O–H groups in total. The molecule has 0 saturated carbocycles. The maximum absolute atomic E-state index is 9.54. The number of aliphatic hydroxyl groups is 1. The van der Waals surface area contributed by atoms with E-state index in [1.807, 2.05) is 38.2 Å². The lowest BCUT2D eigenvalue weighted by Gasteiger charge is -2.17. The quantitative estimate of drug-likeness (QED) is 0.884. The average Bonchev–Trinajstić information content (AvgIpc) is 3.05. The average molecular weight is 327 g/mol. The van der Waals surface area contributed by atoms with Crippen LogP contribution in [0.1, 0.15) is 41.9 Å². The highest BCUT2D eigenvalue weighted by molar-refractivity contribution is 5.37. The summed E-state index contributed by atoms with van der Waals surface area (Å²) in [5, 5.41) is 9.54. The molecule has 3 rings (SSSR count). The summed E-state index contributed by atoms with van der Waals surface area (Å²) in [6.07, 6.45) is 2.94. The molecule has 1 aliphatic heterocycles. The highest BCUT2D eigenvalue weighted by Gasteiger charge is 2.26. The number of aliphatic hydroxyl groups excluding tert-OH is 1. The van der Waals surface area contributed by atoms with Gasteiger partial charge in [-0.2, -0.15) is 0 Å². The highest BCUT2D eigenvalue weighted by Crippen LogP contribution is 2.27. The van der Waals surface area contributed by atoms with Gasteiger partial charge >= 0.3 is 0 Å². The smallest absolute Gasteiger partial charge is 0.132 e. The summed E-state index contributed by atoms with van der Waals surface area (Å²) in [4.78, 5) is 11.4. The minimum atomic E-state index is 0.00291. The molecule has 0 unspecified atom stereocenters. The van der Waals surface area contributed by atoms with E-state index >= 15 is 0 Å². The Hall–Kier alpha value is -1.98. The summed E-state index contributed by atoms with van der Waals surface area (Å²) in [6, 6.07) is 8.02. The lowest BCUT2D eigenvalue weighted by atomic mass is 10.1. The van der Waals surface area contributed by atoms with Crippen molar-refractivity contribution in [2.75, 3.05) is 19.7 Å². The van der Waals surface area contributed by atoms with Gasteiger partial charge in [-0.05, 0) is 50.6 Å². The maximum Gasteiger partial charge on any atom is 0.132 e. The molecule has 0 spiro atoms. The Morgan fingerprint density at radius 3 is 2.96 bits per heavy atom. The predicted molar refractivity (Wildman–Crippen MR) is 92.9 cm³/mol. The van der Waals surface area contributed by atoms with E-state index in [1.165, 1.54) is 5.56 Å². The molecule has 2 heterocycles. The number of aryl methyl sites for hydroxylation is 1. The Morgan fingerprint density at radius 1 is 1.33 bits per heavy atom. The van der Waals surface area contributed by atoms with Gasteiger partial charge in [-0.3, -0.25) is 4.90 Å². The normalized spacial score (nSPS) is 18.0. The molecule has 1 aromatic heterocycles. The fourth-order valence-corrected chi connectivity index (χ4v) is 3.26. The van der Waals surface area contributed by atoms with Gasteiger partial charge in [-0.1, -0.05) is 6.07 Å². The minimum absolute atomic E-state index is 0.00291. The fraction of sp³-hybridized carbons (Fsp3) is 0.474. The number of nitrogens with zero attached hydrogens (tertiary/aromatic N) is 3. The number of benzene rings is 1. The molecule has 1 fully saturated rings. The topological polar surface area (TPSA) is 58.5 Å². The minimum Gasteiger partial charge on any atom is -0.494 e. The van der Waals surface area contributed by atoms with Crippen molar-refractivity contribution in [1.82, 2.24) is 14.9 Å². The molecule has 0 radical (unpaired) electrons. The molecule has 1 aromatic carbocycles. The maximum atomic E-state index is 9.54. The van der Waals surface area contributed by atoms with Gasteiger partial charge in [0, 0.05) is 36.5 Å². The first-order valence-corrected chi connectivity index (χ1v) is 8.57. The third-order valence-electron chi connectivity index (χ3n) is 4.45. The second kappa shape index (κ2) is 7.73. The summed E-state index contributed by atoms with van der Waals surface area (Å²) < 4.78 is 5.55. The molecular weight excluding hydrogens is 302 g/mol. The van der Waals surface area contributed by atoms with Gasteiger partial charge in [-0.15, -0.1) is 0 Å². The zero-order valence-electron chi connectivity index (χ0n) is 14.4. The molecule has 0 aliphatic carbocycles. The molecule has 1 atom stereocenters. The number of hydrogen-bond donors (Lipinski definition) is 1. The molecule has 2 aromatic rings. The third kappa shape index (κ3) is 3.91. The Balaban J connectivity index is 1.65. The predicted octanol–water partition coefficient (Wildman–Crippen LogP) is 2.67. The molecule has 5 nitrogen and oxygen atoms in total. The van der Waals surface area contributed by atoms with Gasteiger partial charge in [0.1, 0.15) is 11.6 Å². The van der Waals surface area contributed by atoms with Crippen LogP contribution in [0.5, 0.6) is 5.75 Å². The first-order chi connectivity index (χ1) is 11.7.